The molecule has 0 atom stereocenters. The highest BCUT2D eigenvalue weighted by atomic mass is 16.5. The van der Waals surface area contributed by atoms with E-state index in [1.165, 1.54) is 22.3 Å². The molecule has 278 valence electrons. The molecule has 6 aromatic carbocycles. The van der Waals surface area contributed by atoms with Gasteiger partial charge < -0.3 is 14.5 Å². The Bertz CT molecular complexity index is 2730. The number of para-hydroxylation sites is 6. The van der Waals surface area contributed by atoms with Gasteiger partial charge in [0.15, 0.2) is 0 Å². The van der Waals surface area contributed by atoms with Crippen LogP contribution in [0.25, 0.3) is 11.4 Å². The topological polar surface area (TPSA) is 41.5 Å². The third kappa shape index (κ3) is 4.15. The lowest BCUT2D eigenvalue weighted by Crippen LogP contribution is -2.33. The third-order valence-electron chi connectivity index (χ3n) is 13.4. The lowest BCUT2D eigenvalue weighted by atomic mass is 9.66. The molecular formula is C53H40N4O. The molecule has 12 rings (SSSR count). The number of pyridine rings is 2. The minimum absolute atomic E-state index is 0.175. The zero-order valence-corrected chi connectivity index (χ0v) is 32.9. The van der Waals surface area contributed by atoms with E-state index in [9.17, 15) is 0 Å². The second-order valence-electron chi connectivity index (χ2n) is 17.0. The van der Waals surface area contributed by atoms with Crippen molar-refractivity contribution in [3.63, 3.8) is 0 Å². The van der Waals surface area contributed by atoms with E-state index in [1.54, 1.807) is 0 Å². The van der Waals surface area contributed by atoms with E-state index in [-0.39, 0.29) is 10.8 Å². The van der Waals surface area contributed by atoms with Gasteiger partial charge in [-0.2, -0.15) is 0 Å². The van der Waals surface area contributed by atoms with Crippen molar-refractivity contribution in [1.82, 2.24) is 9.97 Å². The van der Waals surface area contributed by atoms with Crippen LogP contribution >= 0.6 is 0 Å². The molecule has 0 unspecified atom stereocenters. The molecule has 4 aliphatic rings. The first-order valence-electron chi connectivity index (χ1n) is 20.2. The van der Waals surface area contributed by atoms with Crippen molar-refractivity contribution in [3.05, 3.63) is 215 Å². The number of anilines is 6. The van der Waals surface area contributed by atoms with Crippen LogP contribution < -0.4 is 14.5 Å². The summed E-state index contributed by atoms with van der Waals surface area (Å²) in [6, 6.07) is 57.0. The minimum Gasteiger partial charge on any atom is -0.457 e. The van der Waals surface area contributed by atoms with Crippen molar-refractivity contribution in [2.45, 2.75) is 43.9 Å². The molecule has 2 aromatic heterocycles. The zero-order valence-electron chi connectivity index (χ0n) is 32.9. The van der Waals surface area contributed by atoms with Gasteiger partial charge in [0.2, 0.25) is 0 Å². The Balaban J connectivity index is 1.15. The summed E-state index contributed by atoms with van der Waals surface area (Å²) < 4.78 is 6.76. The number of fused-ring (bicyclic) bond motifs is 13. The van der Waals surface area contributed by atoms with Gasteiger partial charge in [-0.3, -0.25) is 9.97 Å². The molecule has 0 saturated heterocycles. The molecule has 0 saturated carbocycles. The van der Waals surface area contributed by atoms with Gasteiger partial charge in [-0.05, 0) is 70.8 Å². The van der Waals surface area contributed by atoms with Crippen LogP contribution in [-0.2, 0) is 16.2 Å². The van der Waals surface area contributed by atoms with Gasteiger partial charge >= 0.3 is 0 Å². The van der Waals surface area contributed by atoms with Crippen LogP contribution in [0.5, 0.6) is 11.5 Å². The summed E-state index contributed by atoms with van der Waals surface area (Å²) in [6.07, 6.45) is 4.08. The monoisotopic (exact) mass is 748 g/mol. The molecule has 5 heterocycles. The highest BCUT2D eigenvalue weighted by Crippen LogP contribution is 2.63. The molecule has 1 spiro atoms. The fraction of sp³-hybridized carbons (Fsp3) is 0.132. The lowest BCUT2D eigenvalue weighted by Gasteiger charge is -2.43. The number of ether oxygens (including phenoxy) is 1. The van der Waals surface area contributed by atoms with Gasteiger partial charge in [0.1, 0.15) is 11.5 Å². The second kappa shape index (κ2) is 11.5. The van der Waals surface area contributed by atoms with Gasteiger partial charge in [0, 0.05) is 33.1 Å². The Kier molecular flexibility index (Phi) is 6.61. The van der Waals surface area contributed by atoms with Crippen LogP contribution in [0.4, 0.5) is 34.1 Å². The van der Waals surface area contributed by atoms with E-state index in [1.807, 2.05) is 12.4 Å². The molecule has 58 heavy (non-hydrogen) atoms. The lowest BCUT2D eigenvalue weighted by molar-refractivity contribution is 0.436. The summed E-state index contributed by atoms with van der Waals surface area (Å²) in [5.41, 5.74) is 16.8. The van der Waals surface area contributed by atoms with Crippen LogP contribution in [0, 0.1) is 0 Å². The summed E-state index contributed by atoms with van der Waals surface area (Å²) >= 11 is 0. The maximum absolute atomic E-state index is 6.76. The van der Waals surface area contributed by atoms with E-state index in [2.05, 4.69) is 195 Å². The molecular weight excluding hydrogens is 709 g/mol. The van der Waals surface area contributed by atoms with Gasteiger partial charge in [0.05, 0.1) is 63.3 Å². The molecule has 0 N–H and O–H groups in total. The number of nitrogens with zero attached hydrogens (tertiary/aromatic N) is 4. The first-order valence-corrected chi connectivity index (χ1v) is 20.2. The Morgan fingerprint density at radius 2 is 0.690 bits per heavy atom. The standard InChI is InChI=1S/C53H40N4O/c1-51(2)35-17-5-11-23-43(35)56(44-24-12-6-18-36(44)51)33-29-41-49(54-31-33)50-42(53(41)39-21-9-15-27-47(39)58-48-28-16-10-22-40(48)53)30-34(32-55-50)57-45-25-13-7-19-37(45)52(3,4)38-20-8-14-26-46(38)57/h5-32H,1-4H3. The predicted octanol–water partition coefficient (Wildman–Crippen LogP) is 13.2. The molecule has 5 nitrogen and oxygen atoms in total. The zero-order chi connectivity index (χ0) is 39.0. The van der Waals surface area contributed by atoms with Gasteiger partial charge in [-0.15, -0.1) is 0 Å². The van der Waals surface area contributed by atoms with Gasteiger partial charge in [-0.1, -0.05) is 137 Å². The Labute approximate surface area is 338 Å². The first-order chi connectivity index (χ1) is 28.3. The molecule has 8 aromatic rings. The Hall–Kier alpha value is -6.98. The normalized spacial score (nSPS) is 16.4. The molecule has 0 fully saturated rings. The number of hydrogen-bond acceptors (Lipinski definition) is 5. The van der Waals surface area contributed by atoms with Gasteiger partial charge in [0.25, 0.3) is 0 Å². The number of hydrogen-bond donors (Lipinski definition) is 0. The predicted molar refractivity (Wildman–Crippen MR) is 233 cm³/mol. The quantitative estimate of drug-likeness (QED) is 0.176. The van der Waals surface area contributed by atoms with E-state index in [4.69, 9.17) is 14.7 Å². The van der Waals surface area contributed by atoms with Crippen LogP contribution in [0.2, 0.25) is 0 Å². The SMILES string of the molecule is CC1(C)c2ccccc2N(c2cnc3c(c2)C2(c4ccccc4Oc4ccccc42)c2cc(N4c5ccccc5C(C)(C)c5ccccc54)cnc2-3)c2ccccc21. The largest absolute Gasteiger partial charge is 0.457 e. The van der Waals surface area contributed by atoms with E-state index in [0.717, 1.165) is 79.3 Å². The molecule has 3 aliphatic heterocycles. The molecule has 0 amide bonds. The molecule has 0 radical (unpaired) electrons. The van der Waals surface area contributed by atoms with E-state index >= 15 is 0 Å². The highest BCUT2D eigenvalue weighted by molar-refractivity contribution is 5.92. The fourth-order valence-electron chi connectivity index (χ4n) is 10.7. The molecule has 5 heteroatoms. The fourth-order valence-corrected chi connectivity index (χ4v) is 10.7. The third-order valence-corrected chi connectivity index (χ3v) is 13.4. The van der Waals surface area contributed by atoms with Crippen LogP contribution in [0.15, 0.2) is 170 Å². The Morgan fingerprint density at radius 3 is 1.05 bits per heavy atom. The van der Waals surface area contributed by atoms with Crippen LogP contribution in [-0.4, -0.2) is 9.97 Å². The average molecular weight is 749 g/mol. The summed E-state index contributed by atoms with van der Waals surface area (Å²) in [7, 11) is 0. The number of rotatable bonds is 2. The van der Waals surface area contributed by atoms with Crippen molar-refractivity contribution < 1.29 is 4.74 Å². The first kappa shape index (κ1) is 33.2. The highest BCUT2D eigenvalue weighted by Gasteiger charge is 2.53. The minimum atomic E-state index is -0.774. The average Bonchev–Trinajstić information content (AvgIpc) is 3.53. The Morgan fingerprint density at radius 1 is 0.379 bits per heavy atom. The van der Waals surface area contributed by atoms with Crippen LogP contribution in [0.1, 0.15) is 72.2 Å². The summed E-state index contributed by atoms with van der Waals surface area (Å²) in [4.78, 5) is 15.7. The summed E-state index contributed by atoms with van der Waals surface area (Å²) in [5, 5.41) is 0. The van der Waals surface area contributed by atoms with Crippen molar-refractivity contribution in [1.29, 1.82) is 0 Å². The summed E-state index contributed by atoms with van der Waals surface area (Å²) in [6.45, 7) is 9.31. The second-order valence-corrected chi connectivity index (χ2v) is 17.0. The maximum atomic E-state index is 6.76. The molecule has 0 bridgehead atoms. The molecule has 1 aliphatic carbocycles. The summed E-state index contributed by atoms with van der Waals surface area (Å²) in [5.74, 6) is 1.67. The van der Waals surface area contributed by atoms with Crippen molar-refractivity contribution in [2.24, 2.45) is 0 Å². The van der Waals surface area contributed by atoms with Crippen molar-refractivity contribution in [2.75, 3.05) is 9.80 Å². The number of benzene rings is 6. The van der Waals surface area contributed by atoms with E-state index < -0.39 is 5.41 Å². The van der Waals surface area contributed by atoms with Gasteiger partial charge in [-0.25, -0.2) is 0 Å². The van der Waals surface area contributed by atoms with Crippen LogP contribution in [0.3, 0.4) is 0 Å². The number of aromatic nitrogens is 2. The van der Waals surface area contributed by atoms with Crippen molar-refractivity contribution in [3.8, 4) is 22.9 Å². The van der Waals surface area contributed by atoms with E-state index in [0.29, 0.717) is 0 Å². The maximum Gasteiger partial charge on any atom is 0.132 e. The smallest absolute Gasteiger partial charge is 0.132 e. The van der Waals surface area contributed by atoms with Crippen molar-refractivity contribution >= 4 is 34.1 Å².